The number of methoxy groups -OCH3 is 1. The minimum atomic E-state index is -0.269. The van der Waals surface area contributed by atoms with Crippen molar-refractivity contribution in [2.75, 3.05) is 7.11 Å². The summed E-state index contributed by atoms with van der Waals surface area (Å²) >= 11 is 6.19. The van der Waals surface area contributed by atoms with Crippen molar-refractivity contribution in [2.45, 2.75) is 19.4 Å². The number of nitrogens with two attached hydrogens (primary N) is 1. The summed E-state index contributed by atoms with van der Waals surface area (Å²) in [6.07, 6.45) is 0.675. The summed E-state index contributed by atoms with van der Waals surface area (Å²) in [4.78, 5) is 12.7. The summed E-state index contributed by atoms with van der Waals surface area (Å²) in [7, 11) is 1.53. The number of amides is 1. The van der Waals surface area contributed by atoms with E-state index in [2.05, 4.69) is 5.32 Å². The molecule has 0 saturated heterocycles. The quantitative estimate of drug-likeness (QED) is 0.787. The van der Waals surface area contributed by atoms with Gasteiger partial charge in [0.1, 0.15) is 10.6 Å². The van der Waals surface area contributed by atoms with E-state index in [1.54, 1.807) is 11.4 Å². The lowest BCUT2D eigenvalue weighted by atomic mass is 10.2. The third kappa shape index (κ3) is 2.93. The highest BCUT2D eigenvalue weighted by molar-refractivity contribution is 7.80. The van der Waals surface area contributed by atoms with E-state index in [-0.39, 0.29) is 11.9 Å². The van der Waals surface area contributed by atoms with Gasteiger partial charge in [-0.1, -0.05) is 19.1 Å². The highest BCUT2D eigenvalue weighted by Gasteiger charge is 2.18. The van der Waals surface area contributed by atoms with Crippen molar-refractivity contribution in [3.63, 3.8) is 0 Å². The maximum Gasteiger partial charge on any atom is 0.265 e. The summed E-state index contributed by atoms with van der Waals surface area (Å²) in [5, 5.41) is 4.57. The van der Waals surface area contributed by atoms with E-state index in [0.717, 1.165) is 0 Å². The number of rotatable bonds is 5. The van der Waals surface area contributed by atoms with Gasteiger partial charge in [0.15, 0.2) is 0 Å². The lowest BCUT2D eigenvalue weighted by molar-refractivity contribution is 0.0948. The van der Waals surface area contributed by atoms with E-state index in [9.17, 15) is 4.79 Å². The SMILES string of the molecule is CCC(NC(=O)c1sccc1OC)C(N)=S. The Kier molecular flexibility index (Phi) is 4.70. The normalized spacial score (nSPS) is 11.9. The molecule has 1 rings (SSSR count). The standard InChI is InChI=1S/C10H14N2O2S2/c1-3-6(9(11)15)12-10(13)8-7(14-2)4-5-16-8/h4-6H,3H2,1-2H3,(H2,11,15)(H,12,13). The Morgan fingerprint density at radius 2 is 2.44 bits per heavy atom. The first kappa shape index (κ1) is 12.9. The van der Waals surface area contributed by atoms with Crippen LogP contribution in [0.4, 0.5) is 0 Å². The summed E-state index contributed by atoms with van der Waals surface area (Å²) in [5.41, 5.74) is 5.51. The maximum absolute atomic E-state index is 11.9. The first-order chi connectivity index (χ1) is 7.60. The van der Waals surface area contributed by atoms with E-state index in [1.165, 1.54) is 18.4 Å². The molecule has 6 heteroatoms. The van der Waals surface area contributed by atoms with Gasteiger partial charge in [-0.25, -0.2) is 0 Å². The molecule has 1 aromatic heterocycles. The fraction of sp³-hybridized carbons (Fsp3) is 0.400. The Balaban J connectivity index is 2.75. The van der Waals surface area contributed by atoms with Crippen molar-refractivity contribution in [1.82, 2.24) is 5.32 Å². The van der Waals surface area contributed by atoms with Crippen LogP contribution in [-0.4, -0.2) is 24.0 Å². The highest BCUT2D eigenvalue weighted by Crippen LogP contribution is 2.24. The number of hydrogen-bond acceptors (Lipinski definition) is 4. The molecule has 0 aliphatic rings. The van der Waals surface area contributed by atoms with Crippen molar-refractivity contribution in [3.8, 4) is 5.75 Å². The van der Waals surface area contributed by atoms with Crippen LogP contribution in [0.3, 0.4) is 0 Å². The fourth-order valence-corrected chi connectivity index (χ4v) is 2.21. The molecule has 0 aromatic carbocycles. The van der Waals surface area contributed by atoms with Gasteiger partial charge in [-0.15, -0.1) is 11.3 Å². The third-order valence-electron chi connectivity index (χ3n) is 2.11. The molecule has 1 atom stereocenters. The van der Waals surface area contributed by atoms with Crippen molar-refractivity contribution in [1.29, 1.82) is 0 Å². The zero-order valence-corrected chi connectivity index (χ0v) is 10.8. The second kappa shape index (κ2) is 5.81. The molecule has 0 spiro atoms. The molecule has 0 saturated carbocycles. The summed E-state index contributed by atoms with van der Waals surface area (Å²) < 4.78 is 5.07. The van der Waals surface area contributed by atoms with Crippen molar-refractivity contribution >= 4 is 34.5 Å². The second-order valence-electron chi connectivity index (χ2n) is 3.15. The number of ether oxygens (including phenoxy) is 1. The first-order valence-electron chi connectivity index (χ1n) is 4.81. The smallest absolute Gasteiger partial charge is 0.265 e. The van der Waals surface area contributed by atoms with Gasteiger partial charge in [-0.2, -0.15) is 0 Å². The van der Waals surface area contributed by atoms with Gasteiger partial charge < -0.3 is 15.8 Å². The molecule has 88 valence electrons. The molecule has 0 aliphatic heterocycles. The summed E-state index contributed by atoms with van der Waals surface area (Å²) in [6.45, 7) is 1.91. The van der Waals surface area contributed by atoms with Gasteiger partial charge in [0.2, 0.25) is 0 Å². The van der Waals surface area contributed by atoms with E-state index >= 15 is 0 Å². The molecule has 0 fully saturated rings. The molecule has 0 bridgehead atoms. The molecule has 1 unspecified atom stereocenters. The van der Waals surface area contributed by atoms with Crippen LogP contribution >= 0.6 is 23.6 Å². The molecular weight excluding hydrogens is 244 g/mol. The van der Waals surface area contributed by atoms with Gasteiger partial charge >= 0.3 is 0 Å². The predicted octanol–water partition coefficient (Wildman–Crippen LogP) is 1.55. The molecule has 0 aliphatic carbocycles. The van der Waals surface area contributed by atoms with E-state index in [1.807, 2.05) is 6.92 Å². The Labute approximate surface area is 104 Å². The molecule has 0 radical (unpaired) electrons. The number of nitrogens with one attached hydrogen (secondary N) is 1. The van der Waals surface area contributed by atoms with Crippen molar-refractivity contribution < 1.29 is 9.53 Å². The van der Waals surface area contributed by atoms with Crippen LogP contribution in [0.2, 0.25) is 0 Å². The van der Waals surface area contributed by atoms with Gasteiger partial charge in [0.25, 0.3) is 5.91 Å². The lowest BCUT2D eigenvalue weighted by Gasteiger charge is -2.14. The van der Waals surface area contributed by atoms with E-state index in [4.69, 9.17) is 22.7 Å². The zero-order chi connectivity index (χ0) is 12.1. The predicted molar refractivity (Wildman–Crippen MR) is 69.2 cm³/mol. The van der Waals surface area contributed by atoms with Crippen LogP contribution in [0.15, 0.2) is 11.4 Å². The molecular formula is C10H14N2O2S2. The number of thiophene rings is 1. The minimum absolute atomic E-state index is 0.202. The Morgan fingerprint density at radius 1 is 1.75 bits per heavy atom. The van der Waals surface area contributed by atoms with Gasteiger partial charge in [0.05, 0.1) is 18.1 Å². The molecule has 16 heavy (non-hydrogen) atoms. The molecule has 4 nitrogen and oxygen atoms in total. The van der Waals surface area contributed by atoms with Crippen LogP contribution in [0, 0.1) is 0 Å². The van der Waals surface area contributed by atoms with Crippen LogP contribution in [0.1, 0.15) is 23.0 Å². The number of carbonyl (C=O) groups is 1. The average Bonchev–Trinajstić information content (AvgIpc) is 2.72. The number of hydrogen-bond donors (Lipinski definition) is 2. The summed E-state index contributed by atoms with van der Waals surface area (Å²) in [5.74, 6) is 0.367. The largest absolute Gasteiger partial charge is 0.495 e. The van der Waals surface area contributed by atoms with Crippen LogP contribution < -0.4 is 15.8 Å². The van der Waals surface area contributed by atoms with E-state index < -0.39 is 0 Å². The van der Waals surface area contributed by atoms with Crippen LogP contribution in [0.25, 0.3) is 0 Å². The van der Waals surface area contributed by atoms with Gasteiger partial charge in [-0.3, -0.25) is 4.79 Å². The first-order valence-corrected chi connectivity index (χ1v) is 6.10. The number of thiocarbonyl (C=S) groups is 1. The lowest BCUT2D eigenvalue weighted by Crippen LogP contribution is -2.42. The average molecular weight is 258 g/mol. The zero-order valence-electron chi connectivity index (χ0n) is 9.15. The molecule has 1 amide bonds. The van der Waals surface area contributed by atoms with Crippen molar-refractivity contribution in [2.24, 2.45) is 5.73 Å². The molecule has 1 heterocycles. The maximum atomic E-state index is 11.9. The van der Waals surface area contributed by atoms with E-state index in [0.29, 0.717) is 22.0 Å². The fourth-order valence-electron chi connectivity index (χ4n) is 1.22. The van der Waals surface area contributed by atoms with Crippen molar-refractivity contribution in [3.05, 3.63) is 16.3 Å². The highest BCUT2D eigenvalue weighted by atomic mass is 32.1. The third-order valence-corrected chi connectivity index (χ3v) is 3.29. The Bertz CT molecular complexity index is 390. The second-order valence-corrected chi connectivity index (χ2v) is 4.54. The minimum Gasteiger partial charge on any atom is -0.495 e. The topological polar surface area (TPSA) is 64.3 Å². The monoisotopic (exact) mass is 258 g/mol. The molecule has 1 aromatic rings. The van der Waals surface area contributed by atoms with Gasteiger partial charge in [0, 0.05) is 0 Å². The molecule has 3 N–H and O–H groups in total. The Morgan fingerprint density at radius 3 is 2.94 bits per heavy atom. The number of carbonyl (C=O) groups excluding carboxylic acids is 1. The summed E-state index contributed by atoms with van der Waals surface area (Å²) in [6, 6.07) is 1.48. The van der Waals surface area contributed by atoms with Crippen LogP contribution in [-0.2, 0) is 0 Å². The Hall–Kier alpha value is -1.14. The van der Waals surface area contributed by atoms with Crippen LogP contribution in [0.5, 0.6) is 5.75 Å². The van der Waals surface area contributed by atoms with Gasteiger partial charge in [-0.05, 0) is 17.9 Å².